The van der Waals surface area contributed by atoms with Gasteiger partial charge in [-0.05, 0) is 44.2 Å². The third-order valence-corrected chi connectivity index (χ3v) is 3.05. The van der Waals surface area contributed by atoms with Crippen molar-refractivity contribution < 1.29 is 9.90 Å². The number of hydrogen-bond donors (Lipinski definition) is 1. The molecule has 0 saturated heterocycles. The van der Waals surface area contributed by atoms with E-state index >= 15 is 0 Å². The fourth-order valence-corrected chi connectivity index (χ4v) is 1.51. The molecule has 0 atom stereocenters. The Labute approximate surface area is 97.3 Å². The van der Waals surface area contributed by atoms with Gasteiger partial charge in [0, 0.05) is 0 Å². The van der Waals surface area contributed by atoms with Crippen molar-refractivity contribution in [1.29, 1.82) is 0 Å². The summed E-state index contributed by atoms with van der Waals surface area (Å²) in [5.74, 6) is -0.724. The summed E-state index contributed by atoms with van der Waals surface area (Å²) in [7, 11) is 0. The summed E-state index contributed by atoms with van der Waals surface area (Å²) in [6, 6.07) is 8.42. The molecule has 0 fully saturated rings. The number of benzene rings is 1. The Morgan fingerprint density at radius 1 is 1.19 bits per heavy atom. The molecule has 0 aliphatic heterocycles. The molecule has 0 heterocycles. The Morgan fingerprint density at radius 3 is 2.12 bits per heavy atom. The van der Waals surface area contributed by atoms with Crippen LogP contribution in [0, 0.1) is 5.41 Å². The predicted octanol–water partition coefficient (Wildman–Crippen LogP) is 3.29. The predicted molar refractivity (Wildman–Crippen MR) is 65.6 cm³/mol. The van der Waals surface area contributed by atoms with E-state index in [2.05, 4.69) is 31.2 Å². The lowest BCUT2D eigenvalue weighted by molar-refractivity contribution is -0.147. The fraction of sp³-hybridized carbons (Fsp3) is 0.500. The highest BCUT2D eigenvalue weighted by atomic mass is 16.4. The van der Waals surface area contributed by atoms with Crippen LogP contribution < -0.4 is 0 Å². The van der Waals surface area contributed by atoms with Crippen molar-refractivity contribution in [3.8, 4) is 0 Å². The van der Waals surface area contributed by atoms with Gasteiger partial charge in [0.1, 0.15) is 0 Å². The Kier molecular flexibility index (Phi) is 4.11. The van der Waals surface area contributed by atoms with Gasteiger partial charge in [-0.1, -0.05) is 31.2 Å². The number of carboxylic acid groups (broad SMARTS) is 1. The normalized spacial score (nSPS) is 11.4. The second-order valence-corrected chi connectivity index (χ2v) is 4.86. The van der Waals surface area contributed by atoms with Gasteiger partial charge < -0.3 is 5.11 Å². The first-order chi connectivity index (χ1) is 7.45. The highest BCUT2D eigenvalue weighted by Gasteiger charge is 2.26. The minimum absolute atomic E-state index is 0.635. The van der Waals surface area contributed by atoms with Gasteiger partial charge in [-0.25, -0.2) is 0 Å². The van der Waals surface area contributed by atoms with Crippen LogP contribution in [0.3, 0.4) is 0 Å². The van der Waals surface area contributed by atoms with Crippen LogP contribution in [0.15, 0.2) is 24.3 Å². The molecular formula is C14H20O2. The molecule has 1 aromatic carbocycles. The maximum Gasteiger partial charge on any atom is 0.309 e. The van der Waals surface area contributed by atoms with Gasteiger partial charge in [0.15, 0.2) is 0 Å². The minimum Gasteiger partial charge on any atom is -0.481 e. The summed E-state index contributed by atoms with van der Waals surface area (Å²) in [5.41, 5.74) is 1.90. The Morgan fingerprint density at radius 2 is 1.69 bits per heavy atom. The molecule has 1 N–H and O–H groups in total. The average molecular weight is 220 g/mol. The topological polar surface area (TPSA) is 37.3 Å². The van der Waals surface area contributed by atoms with E-state index in [1.807, 2.05) is 0 Å². The first-order valence-corrected chi connectivity index (χ1v) is 5.77. The van der Waals surface area contributed by atoms with Crippen LogP contribution in [0.5, 0.6) is 0 Å². The molecule has 0 radical (unpaired) electrons. The van der Waals surface area contributed by atoms with Gasteiger partial charge in [-0.15, -0.1) is 0 Å². The fourth-order valence-electron chi connectivity index (χ4n) is 1.51. The van der Waals surface area contributed by atoms with Crippen LogP contribution >= 0.6 is 0 Å². The summed E-state index contributed by atoms with van der Waals surface area (Å²) >= 11 is 0. The third kappa shape index (κ3) is 3.37. The molecule has 2 nitrogen and oxygen atoms in total. The smallest absolute Gasteiger partial charge is 0.309 e. The first kappa shape index (κ1) is 12.8. The maximum atomic E-state index is 10.9. The van der Waals surface area contributed by atoms with E-state index in [0.717, 1.165) is 12.8 Å². The van der Waals surface area contributed by atoms with Crippen LogP contribution in [-0.4, -0.2) is 11.1 Å². The van der Waals surface area contributed by atoms with Gasteiger partial charge in [-0.3, -0.25) is 4.79 Å². The molecule has 2 heteroatoms. The van der Waals surface area contributed by atoms with Crippen molar-refractivity contribution in [2.24, 2.45) is 5.41 Å². The molecule has 0 bridgehead atoms. The summed E-state index contributed by atoms with van der Waals surface area (Å²) in [6.07, 6.45) is 2.54. The molecule has 88 valence electrons. The largest absolute Gasteiger partial charge is 0.481 e. The summed E-state index contributed by atoms with van der Waals surface area (Å²) in [5, 5.41) is 9.00. The van der Waals surface area contributed by atoms with E-state index in [1.165, 1.54) is 11.1 Å². The van der Waals surface area contributed by atoms with Crippen LogP contribution in [0.2, 0.25) is 0 Å². The molecule has 0 aliphatic carbocycles. The number of hydrogen-bond acceptors (Lipinski definition) is 1. The van der Waals surface area contributed by atoms with Crippen LogP contribution in [-0.2, 0) is 17.6 Å². The van der Waals surface area contributed by atoms with E-state index in [9.17, 15) is 4.79 Å². The number of aliphatic carboxylic acids is 1. The SMILES string of the molecule is CCc1ccc(CCC(C)(C)C(=O)O)cc1. The Balaban J connectivity index is 2.58. The Hall–Kier alpha value is -1.31. The molecule has 0 unspecified atom stereocenters. The quantitative estimate of drug-likeness (QED) is 0.826. The molecule has 0 spiro atoms. The molecule has 1 aromatic rings. The average Bonchev–Trinajstić information content (AvgIpc) is 2.27. The van der Waals surface area contributed by atoms with E-state index < -0.39 is 11.4 Å². The van der Waals surface area contributed by atoms with Gasteiger partial charge >= 0.3 is 5.97 Å². The van der Waals surface area contributed by atoms with E-state index in [4.69, 9.17) is 5.11 Å². The molecule has 16 heavy (non-hydrogen) atoms. The molecule has 0 amide bonds. The van der Waals surface area contributed by atoms with E-state index in [0.29, 0.717) is 6.42 Å². The summed E-state index contributed by atoms with van der Waals surface area (Å²) in [4.78, 5) is 10.9. The van der Waals surface area contributed by atoms with Crippen molar-refractivity contribution in [3.63, 3.8) is 0 Å². The second kappa shape index (κ2) is 5.15. The minimum atomic E-state index is -0.724. The number of aryl methyl sites for hydroxylation is 2. The maximum absolute atomic E-state index is 10.9. The van der Waals surface area contributed by atoms with Crippen molar-refractivity contribution >= 4 is 5.97 Å². The Bertz CT molecular complexity index is 350. The number of rotatable bonds is 5. The number of carbonyl (C=O) groups is 1. The van der Waals surface area contributed by atoms with Crippen molar-refractivity contribution in [2.45, 2.75) is 40.0 Å². The van der Waals surface area contributed by atoms with Crippen LogP contribution in [0.4, 0.5) is 0 Å². The van der Waals surface area contributed by atoms with Gasteiger partial charge in [0.2, 0.25) is 0 Å². The standard InChI is InChI=1S/C14H20O2/c1-4-11-5-7-12(8-6-11)9-10-14(2,3)13(15)16/h5-8H,4,9-10H2,1-3H3,(H,15,16). The monoisotopic (exact) mass is 220 g/mol. The zero-order valence-corrected chi connectivity index (χ0v) is 10.3. The third-order valence-electron chi connectivity index (χ3n) is 3.05. The lowest BCUT2D eigenvalue weighted by Gasteiger charge is -2.18. The van der Waals surface area contributed by atoms with Crippen LogP contribution in [0.1, 0.15) is 38.3 Å². The molecule has 0 saturated carbocycles. The zero-order chi connectivity index (χ0) is 12.2. The molecular weight excluding hydrogens is 200 g/mol. The molecule has 0 aromatic heterocycles. The summed E-state index contributed by atoms with van der Waals surface area (Å²) < 4.78 is 0. The van der Waals surface area contributed by atoms with E-state index in [1.54, 1.807) is 13.8 Å². The van der Waals surface area contributed by atoms with Gasteiger partial charge in [0.25, 0.3) is 0 Å². The van der Waals surface area contributed by atoms with Crippen LogP contribution in [0.25, 0.3) is 0 Å². The lowest BCUT2D eigenvalue weighted by atomic mass is 9.86. The first-order valence-electron chi connectivity index (χ1n) is 5.77. The molecule has 0 aliphatic rings. The summed E-state index contributed by atoms with van der Waals surface area (Å²) in [6.45, 7) is 5.67. The lowest BCUT2D eigenvalue weighted by Crippen LogP contribution is -2.24. The highest BCUT2D eigenvalue weighted by molar-refractivity contribution is 5.73. The van der Waals surface area contributed by atoms with E-state index in [-0.39, 0.29) is 0 Å². The van der Waals surface area contributed by atoms with Gasteiger partial charge in [0.05, 0.1) is 5.41 Å². The highest BCUT2D eigenvalue weighted by Crippen LogP contribution is 2.23. The second-order valence-electron chi connectivity index (χ2n) is 4.86. The zero-order valence-electron chi connectivity index (χ0n) is 10.3. The van der Waals surface area contributed by atoms with Crippen molar-refractivity contribution in [2.75, 3.05) is 0 Å². The molecule has 1 rings (SSSR count). The van der Waals surface area contributed by atoms with Gasteiger partial charge in [-0.2, -0.15) is 0 Å². The number of carboxylic acids is 1. The van der Waals surface area contributed by atoms with Crippen molar-refractivity contribution in [1.82, 2.24) is 0 Å². The van der Waals surface area contributed by atoms with Crippen molar-refractivity contribution in [3.05, 3.63) is 35.4 Å².